The number of rotatable bonds is 4. The Labute approximate surface area is 156 Å². The number of carbonyl (C=O) groups is 1. The average Bonchev–Trinajstić information content (AvgIpc) is 2.63. The van der Waals surface area contributed by atoms with Crippen LogP contribution in [0.5, 0.6) is 0 Å². The normalized spacial score (nSPS) is 10.8. The maximum absolute atomic E-state index is 14.5. The number of hydrogen-bond donors (Lipinski definition) is 1. The van der Waals surface area contributed by atoms with Crippen molar-refractivity contribution in [3.05, 3.63) is 82.8 Å². The molecule has 3 nitrogen and oxygen atoms in total. The van der Waals surface area contributed by atoms with Gasteiger partial charge < -0.3 is 5.32 Å². The van der Waals surface area contributed by atoms with Gasteiger partial charge in [0.2, 0.25) is 0 Å². The minimum atomic E-state index is -0.548. The molecule has 1 amide bonds. The molecule has 0 aliphatic carbocycles. The predicted molar refractivity (Wildman–Crippen MR) is 103 cm³/mol. The first-order chi connectivity index (χ1) is 12.5. The zero-order valence-electron chi connectivity index (χ0n) is 14.5. The van der Waals surface area contributed by atoms with Gasteiger partial charge in [0.05, 0.1) is 10.7 Å². The monoisotopic (exact) mass is 368 g/mol. The van der Waals surface area contributed by atoms with E-state index in [1.807, 2.05) is 24.3 Å². The van der Waals surface area contributed by atoms with E-state index in [0.29, 0.717) is 22.3 Å². The minimum absolute atomic E-state index is 0.228. The van der Waals surface area contributed by atoms with E-state index in [1.165, 1.54) is 17.7 Å². The molecule has 0 fully saturated rings. The number of nitrogens with one attached hydrogen (secondary N) is 1. The highest BCUT2D eigenvalue weighted by Crippen LogP contribution is 2.28. The zero-order chi connectivity index (χ0) is 18.7. The van der Waals surface area contributed by atoms with Crippen molar-refractivity contribution in [1.29, 1.82) is 0 Å². The molecule has 132 valence electrons. The summed E-state index contributed by atoms with van der Waals surface area (Å²) in [4.78, 5) is 16.5. The van der Waals surface area contributed by atoms with Gasteiger partial charge in [-0.25, -0.2) is 4.39 Å². The quantitative estimate of drug-likeness (QED) is 0.621. The van der Waals surface area contributed by atoms with Crippen molar-refractivity contribution in [2.24, 2.45) is 0 Å². The number of anilines is 1. The van der Waals surface area contributed by atoms with E-state index in [0.717, 1.165) is 0 Å². The standard InChI is InChI=1S/C21H18ClFN2O/c1-13(2)14-5-8-16(9-6-14)25-21(26)15-7-10-17(19(23)12-15)20-18(22)4-3-11-24-20/h3-13H,1-2H3,(H,25,26). The van der Waals surface area contributed by atoms with E-state index in [1.54, 1.807) is 24.4 Å². The van der Waals surface area contributed by atoms with Crippen LogP contribution in [0.15, 0.2) is 60.8 Å². The first-order valence-electron chi connectivity index (χ1n) is 8.27. The van der Waals surface area contributed by atoms with E-state index in [2.05, 4.69) is 24.1 Å². The second kappa shape index (κ2) is 7.67. The van der Waals surface area contributed by atoms with Gasteiger partial charge in [-0.15, -0.1) is 0 Å². The molecule has 0 radical (unpaired) electrons. The van der Waals surface area contributed by atoms with Crippen LogP contribution in [0.3, 0.4) is 0 Å². The second-order valence-electron chi connectivity index (χ2n) is 6.26. The van der Waals surface area contributed by atoms with Gasteiger partial charge in [0, 0.05) is 23.0 Å². The van der Waals surface area contributed by atoms with Gasteiger partial charge >= 0.3 is 0 Å². The number of hydrogen-bond acceptors (Lipinski definition) is 2. The van der Waals surface area contributed by atoms with E-state index >= 15 is 0 Å². The lowest BCUT2D eigenvalue weighted by Crippen LogP contribution is -2.12. The van der Waals surface area contributed by atoms with Crippen molar-refractivity contribution in [2.75, 3.05) is 5.32 Å². The summed E-state index contributed by atoms with van der Waals surface area (Å²) in [7, 11) is 0. The number of halogens is 2. The molecule has 0 bridgehead atoms. The van der Waals surface area contributed by atoms with Crippen LogP contribution in [0.2, 0.25) is 5.02 Å². The Kier molecular flexibility index (Phi) is 5.33. The molecule has 0 atom stereocenters. The van der Waals surface area contributed by atoms with Gasteiger partial charge in [-0.05, 0) is 53.9 Å². The van der Waals surface area contributed by atoms with Crippen LogP contribution in [0, 0.1) is 5.82 Å². The summed E-state index contributed by atoms with van der Waals surface area (Å²) in [5.41, 5.74) is 2.69. The average molecular weight is 369 g/mol. The van der Waals surface area contributed by atoms with Crippen LogP contribution < -0.4 is 5.32 Å². The van der Waals surface area contributed by atoms with Crippen molar-refractivity contribution in [2.45, 2.75) is 19.8 Å². The highest BCUT2D eigenvalue weighted by atomic mass is 35.5. The van der Waals surface area contributed by atoms with E-state index in [-0.39, 0.29) is 17.0 Å². The number of benzene rings is 2. The predicted octanol–water partition coefficient (Wildman–Crippen LogP) is 5.92. The van der Waals surface area contributed by atoms with Crippen LogP contribution in [-0.2, 0) is 0 Å². The molecule has 1 aromatic heterocycles. The lowest BCUT2D eigenvalue weighted by Gasteiger charge is -2.10. The molecular weight excluding hydrogens is 351 g/mol. The number of aromatic nitrogens is 1. The molecule has 26 heavy (non-hydrogen) atoms. The Bertz CT molecular complexity index is 939. The number of carbonyl (C=O) groups excluding carboxylic acids is 1. The summed E-state index contributed by atoms with van der Waals surface area (Å²) in [6.07, 6.45) is 1.54. The lowest BCUT2D eigenvalue weighted by molar-refractivity contribution is 0.102. The fourth-order valence-electron chi connectivity index (χ4n) is 2.59. The van der Waals surface area contributed by atoms with Crippen molar-refractivity contribution < 1.29 is 9.18 Å². The third-order valence-corrected chi connectivity index (χ3v) is 4.39. The van der Waals surface area contributed by atoms with Crippen LogP contribution in [-0.4, -0.2) is 10.9 Å². The Morgan fingerprint density at radius 1 is 1.12 bits per heavy atom. The van der Waals surface area contributed by atoms with Gasteiger partial charge in [0.15, 0.2) is 0 Å². The van der Waals surface area contributed by atoms with Crippen LogP contribution >= 0.6 is 11.6 Å². The molecule has 0 saturated heterocycles. The molecule has 0 aliphatic heterocycles. The maximum atomic E-state index is 14.5. The topological polar surface area (TPSA) is 42.0 Å². The number of pyridine rings is 1. The van der Waals surface area contributed by atoms with Gasteiger partial charge in [-0.2, -0.15) is 0 Å². The molecule has 1 heterocycles. The molecule has 3 rings (SSSR count). The highest BCUT2D eigenvalue weighted by Gasteiger charge is 2.14. The summed E-state index contributed by atoms with van der Waals surface area (Å²) < 4.78 is 14.5. The largest absolute Gasteiger partial charge is 0.322 e. The third kappa shape index (κ3) is 3.92. The molecule has 0 unspecified atom stereocenters. The summed E-state index contributed by atoms with van der Waals surface area (Å²) >= 11 is 6.07. The fourth-order valence-corrected chi connectivity index (χ4v) is 2.81. The fraction of sp³-hybridized carbons (Fsp3) is 0.143. The first kappa shape index (κ1) is 18.1. The van der Waals surface area contributed by atoms with E-state index < -0.39 is 5.82 Å². The summed E-state index contributed by atoms with van der Waals surface area (Å²) in [5.74, 6) is -0.506. The van der Waals surface area contributed by atoms with E-state index in [4.69, 9.17) is 11.6 Å². The van der Waals surface area contributed by atoms with Crippen LogP contribution in [0.25, 0.3) is 11.3 Å². The van der Waals surface area contributed by atoms with Crippen molar-refractivity contribution in [3.8, 4) is 11.3 Å². The van der Waals surface area contributed by atoms with Crippen molar-refractivity contribution in [1.82, 2.24) is 4.98 Å². The molecular formula is C21H18ClFN2O. The summed E-state index contributed by atoms with van der Waals surface area (Å²) in [6, 6.07) is 15.2. The van der Waals surface area contributed by atoms with E-state index in [9.17, 15) is 9.18 Å². The first-order valence-corrected chi connectivity index (χ1v) is 8.65. The lowest BCUT2D eigenvalue weighted by atomic mass is 10.0. The van der Waals surface area contributed by atoms with Gasteiger partial charge in [-0.1, -0.05) is 37.6 Å². The Morgan fingerprint density at radius 3 is 2.46 bits per heavy atom. The molecule has 3 aromatic rings. The molecule has 5 heteroatoms. The number of amides is 1. The highest BCUT2D eigenvalue weighted by molar-refractivity contribution is 6.33. The Hall–Kier alpha value is -2.72. The van der Waals surface area contributed by atoms with Crippen LogP contribution in [0.1, 0.15) is 35.7 Å². The van der Waals surface area contributed by atoms with Crippen molar-refractivity contribution >= 4 is 23.2 Å². The Balaban J connectivity index is 1.80. The molecule has 0 spiro atoms. The Morgan fingerprint density at radius 2 is 1.85 bits per heavy atom. The summed E-state index contributed by atoms with van der Waals surface area (Å²) in [5, 5.41) is 3.13. The summed E-state index contributed by atoms with van der Waals surface area (Å²) in [6.45, 7) is 4.21. The van der Waals surface area contributed by atoms with Gasteiger partial charge in [-0.3, -0.25) is 9.78 Å². The van der Waals surface area contributed by atoms with Gasteiger partial charge in [0.25, 0.3) is 5.91 Å². The zero-order valence-corrected chi connectivity index (χ0v) is 15.2. The molecule has 1 N–H and O–H groups in total. The van der Waals surface area contributed by atoms with Crippen molar-refractivity contribution in [3.63, 3.8) is 0 Å². The van der Waals surface area contributed by atoms with Gasteiger partial charge in [0.1, 0.15) is 5.82 Å². The molecule has 0 saturated carbocycles. The van der Waals surface area contributed by atoms with Crippen LogP contribution in [0.4, 0.5) is 10.1 Å². The number of nitrogens with zero attached hydrogens (tertiary/aromatic N) is 1. The minimum Gasteiger partial charge on any atom is -0.322 e. The third-order valence-electron chi connectivity index (χ3n) is 4.08. The maximum Gasteiger partial charge on any atom is 0.255 e. The second-order valence-corrected chi connectivity index (χ2v) is 6.67. The molecule has 2 aromatic carbocycles. The SMILES string of the molecule is CC(C)c1ccc(NC(=O)c2ccc(-c3ncccc3Cl)c(F)c2)cc1. The molecule has 0 aliphatic rings. The smallest absolute Gasteiger partial charge is 0.255 e.